The summed E-state index contributed by atoms with van der Waals surface area (Å²) in [5.41, 5.74) is 3.02. The van der Waals surface area contributed by atoms with Crippen LogP contribution >= 0.6 is 12.4 Å². The highest BCUT2D eigenvalue weighted by Crippen LogP contribution is 2.68. The summed E-state index contributed by atoms with van der Waals surface area (Å²) in [5, 5.41) is 3.56. The minimum atomic E-state index is 0. The molecule has 0 aromatic heterocycles. The molecular formula is C23H39ClN2. The van der Waals surface area contributed by atoms with Crippen molar-refractivity contribution in [1.82, 2.24) is 10.2 Å². The van der Waals surface area contributed by atoms with Gasteiger partial charge in [0.2, 0.25) is 0 Å². The molecule has 1 N–H and O–H groups in total. The summed E-state index contributed by atoms with van der Waals surface area (Å²) in [6, 6.07) is 1.55. The number of hydrogen-bond donors (Lipinski definition) is 1. The van der Waals surface area contributed by atoms with Crippen LogP contribution in [0.5, 0.6) is 0 Å². The lowest BCUT2D eigenvalue weighted by molar-refractivity contribution is -0.0403. The lowest BCUT2D eigenvalue weighted by Gasteiger charge is -2.58. The van der Waals surface area contributed by atoms with Crippen LogP contribution in [0.4, 0.5) is 0 Å². The van der Waals surface area contributed by atoms with Crippen LogP contribution in [0.2, 0.25) is 0 Å². The van der Waals surface area contributed by atoms with E-state index in [0.29, 0.717) is 10.8 Å². The Hall–Kier alpha value is -0.0500. The molecule has 3 heteroatoms. The van der Waals surface area contributed by atoms with Gasteiger partial charge in [-0.1, -0.05) is 18.6 Å². The maximum absolute atomic E-state index is 3.56. The van der Waals surface area contributed by atoms with E-state index in [-0.39, 0.29) is 12.4 Å². The molecule has 5 rings (SSSR count). The molecule has 1 heterocycles. The molecule has 1 saturated heterocycles. The Labute approximate surface area is 167 Å². The Morgan fingerprint density at radius 2 is 1.85 bits per heavy atom. The minimum Gasteiger partial charge on any atom is -0.317 e. The van der Waals surface area contributed by atoms with E-state index in [1.807, 2.05) is 5.57 Å². The molecular weight excluding hydrogens is 340 g/mol. The summed E-state index contributed by atoms with van der Waals surface area (Å²) >= 11 is 0. The highest BCUT2D eigenvalue weighted by atomic mass is 35.5. The maximum Gasteiger partial charge on any atom is 0.0102 e. The molecule has 0 aromatic rings. The molecule has 1 spiro atoms. The van der Waals surface area contributed by atoms with E-state index >= 15 is 0 Å². The van der Waals surface area contributed by atoms with E-state index in [1.54, 1.807) is 0 Å². The van der Waals surface area contributed by atoms with Gasteiger partial charge in [-0.25, -0.2) is 0 Å². The molecule has 5 aliphatic rings. The topological polar surface area (TPSA) is 15.3 Å². The summed E-state index contributed by atoms with van der Waals surface area (Å²) in [6.07, 6.45) is 14.3. The van der Waals surface area contributed by atoms with Crippen LogP contribution in [-0.2, 0) is 0 Å². The fraction of sp³-hybridized carbons (Fsp3) is 0.913. The van der Waals surface area contributed by atoms with Crippen molar-refractivity contribution < 1.29 is 0 Å². The standard InChI is InChI=1S/C23H38N2.ClH/c1-15-19-7-8-21-18-6-5-16-13-17(24-3)9-11-22(16,2)20(18)10-12-23(19,21)14-25(15)4;/h5,15,17-21,24H,6-14H2,1-4H3;1H/t15-,17-,18+,19+,20-,21-,22-,23-;/m0./s1. The van der Waals surface area contributed by atoms with Crippen molar-refractivity contribution in [2.45, 2.75) is 77.3 Å². The average Bonchev–Trinajstić information content (AvgIpc) is 3.09. The number of rotatable bonds is 1. The van der Waals surface area contributed by atoms with Gasteiger partial charge in [0, 0.05) is 18.6 Å². The number of nitrogens with one attached hydrogen (secondary N) is 1. The second-order valence-corrected chi connectivity index (χ2v) is 10.6. The normalized spacial score (nSPS) is 53.0. The SMILES string of the molecule is CN[C@H]1CC[C@@]2(C)C(=CC[C@H]3[C@@H]4CC[C@@H]5[C@H](C)N(C)C[C@@]54CC[C@@H]32)C1.Cl. The first-order chi connectivity index (χ1) is 12.0. The molecule has 3 saturated carbocycles. The zero-order chi connectivity index (χ0) is 17.4. The largest absolute Gasteiger partial charge is 0.317 e. The third kappa shape index (κ3) is 2.37. The zero-order valence-corrected chi connectivity index (χ0v) is 18.1. The van der Waals surface area contributed by atoms with Crippen LogP contribution in [-0.4, -0.2) is 37.6 Å². The highest BCUT2D eigenvalue weighted by Gasteiger charge is 2.63. The van der Waals surface area contributed by atoms with Gasteiger partial charge in [0.25, 0.3) is 0 Å². The molecule has 0 radical (unpaired) electrons. The summed E-state index contributed by atoms with van der Waals surface area (Å²) in [5.74, 6) is 3.96. The summed E-state index contributed by atoms with van der Waals surface area (Å²) < 4.78 is 0. The van der Waals surface area contributed by atoms with Gasteiger partial charge in [-0.15, -0.1) is 12.4 Å². The maximum atomic E-state index is 3.56. The van der Waals surface area contributed by atoms with Gasteiger partial charge in [-0.05, 0) is 107 Å². The van der Waals surface area contributed by atoms with Crippen LogP contribution in [0.3, 0.4) is 0 Å². The van der Waals surface area contributed by atoms with E-state index in [0.717, 1.165) is 35.8 Å². The molecule has 8 atom stereocenters. The fourth-order valence-electron chi connectivity index (χ4n) is 8.71. The highest BCUT2D eigenvalue weighted by molar-refractivity contribution is 5.85. The predicted molar refractivity (Wildman–Crippen MR) is 112 cm³/mol. The molecule has 0 bridgehead atoms. The number of fused-ring (bicyclic) bond motifs is 4. The van der Waals surface area contributed by atoms with Gasteiger partial charge < -0.3 is 10.2 Å². The first-order valence-corrected chi connectivity index (χ1v) is 11.1. The lowest BCUT2D eigenvalue weighted by atomic mass is 9.47. The minimum absolute atomic E-state index is 0. The third-order valence-corrected chi connectivity index (χ3v) is 10.1. The second kappa shape index (κ2) is 6.49. The van der Waals surface area contributed by atoms with Crippen molar-refractivity contribution in [1.29, 1.82) is 0 Å². The van der Waals surface area contributed by atoms with E-state index in [4.69, 9.17) is 0 Å². The number of likely N-dealkylation sites (tertiary alicyclic amines) is 1. The van der Waals surface area contributed by atoms with Crippen LogP contribution in [0, 0.1) is 34.5 Å². The Bertz CT molecular complexity index is 589. The van der Waals surface area contributed by atoms with E-state index in [9.17, 15) is 0 Å². The van der Waals surface area contributed by atoms with Gasteiger partial charge in [-0.2, -0.15) is 0 Å². The van der Waals surface area contributed by atoms with Gasteiger partial charge >= 0.3 is 0 Å². The van der Waals surface area contributed by atoms with Gasteiger partial charge in [0.1, 0.15) is 0 Å². The molecule has 2 nitrogen and oxygen atoms in total. The fourth-order valence-corrected chi connectivity index (χ4v) is 8.71. The smallest absolute Gasteiger partial charge is 0.0102 e. The van der Waals surface area contributed by atoms with Crippen molar-refractivity contribution in [3.05, 3.63) is 11.6 Å². The van der Waals surface area contributed by atoms with Gasteiger partial charge in [0.15, 0.2) is 0 Å². The van der Waals surface area contributed by atoms with Gasteiger partial charge in [-0.3, -0.25) is 0 Å². The molecule has 148 valence electrons. The monoisotopic (exact) mass is 378 g/mol. The first-order valence-electron chi connectivity index (χ1n) is 11.1. The van der Waals surface area contributed by atoms with Gasteiger partial charge in [0.05, 0.1) is 0 Å². The lowest BCUT2D eigenvalue weighted by Crippen LogP contribution is -2.52. The van der Waals surface area contributed by atoms with Crippen molar-refractivity contribution in [2.24, 2.45) is 34.5 Å². The quantitative estimate of drug-likeness (QED) is 0.653. The number of hydrogen-bond acceptors (Lipinski definition) is 2. The van der Waals surface area contributed by atoms with Crippen LogP contribution < -0.4 is 5.32 Å². The van der Waals surface area contributed by atoms with Crippen LogP contribution in [0.15, 0.2) is 11.6 Å². The molecule has 1 aliphatic heterocycles. The predicted octanol–water partition coefficient (Wildman–Crippen LogP) is 4.89. The number of nitrogens with zero attached hydrogens (tertiary/aromatic N) is 1. The molecule has 0 amide bonds. The molecule has 0 aromatic carbocycles. The Morgan fingerprint density at radius 1 is 1.08 bits per heavy atom. The van der Waals surface area contributed by atoms with Crippen LogP contribution in [0.25, 0.3) is 0 Å². The zero-order valence-electron chi connectivity index (χ0n) is 17.3. The summed E-state index contributed by atoms with van der Waals surface area (Å²) in [6.45, 7) is 6.55. The second-order valence-electron chi connectivity index (χ2n) is 10.6. The first kappa shape index (κ1) is 19.3. The van der Waals surface area contributed by atoms with E-state index in [2.05, 4.69) is 44.2 Å². The Morgan fingerprint density at radius 3 is 2.62 bits per heavy atom. The number of halogens is 1. The van der Waals surface area contributed by atoms with Crippen molar-refractivity contribution in [2.75, 3.05) is 20.6 Å². The molecule has 4 aliphatic carbocycles. The van der Waals surface area contributed by atoms with Crippen LogP contribution in [0.1, 0.15) is 65.2 Å². The summed E-state index contributed by atoms with van der Waals surface area (Å²) in [7, 11) is 4.54. The Kier molecular flexibility index (Phi) is 4.81. The van der Waals surface area contributed by atoms with E-state index < -0.39 is 0 Å². The van der Waals surface area contributed by atoms with Crippen molar-refractivity contribution in [3.63, 3.8) is 0 Å². The molecule has 26 heavy (non-hydrogen) atoms. The Balaban J connectivity index is 0.00000168. The molecule has 0 unspecified atom stereocenters. The number of allylic oxidation sites excluding steroid dienone is 1. The average molecular weight is 379 g/mol. The van der Waals surface area contributed by atoms with E-state index in [1.165, 1.54) is 57.9 Å². The summed E-state index contributed by atoms with van der Waals surface area (Å²) in [4.78, 5) is 2.70. The molecule has 4 fully saturated rings. The van der Waals surface area contributed by atoms with Crippen molar-refractivity contribution in [3.8, 4) is 0 Å². The van der Waals surface area contributed by atoms with Crippen molar-refractivity contribution >= 4 is 12.4 Å². The third-order valence-electron chi connectivity index (χ3n) is 10.1.